The predicted molar refractivity (Wildman–Crippen MR) is 71.5 cm³/mol. The number of anilines is 1. The van der Waals surface area contributed by atoms with Gasteiger partial charge in [-0.25, -0.2) is 0 Å². The van der Waals surface area contributed by atoms with Crippen molar-refractivity contribution in [3.63, 3.8) is 0 Å². The van der Waals surface area contributed by atoms with Crippen molar-refractivity contribution < 1.29 is 0 Å². The van der Waals surface area contributed by atoms with Crippen LogP contribution in [0.3, 0.4) is 0 Å². The summed E-state index contributed by atoms with van der Waals surface area (Å²) in [5, 5.41) is 0. The van der Waals surface area contributed by atoms with E-state index in [-0.39, 0.29) is 0 Å². The van der Waals surface area contributed by atoms with Crippen LogP contribution in [0, 0.1) is 6.92 Å². The lowest BCUT2D eigenvalue weighted by Crippen LogP contribution is -2.23. The third-order valence-electron chi connectivity index (χ3n) is 3.02. The minimum absolute atomic E-state index is 0.907. The monoisotopic (exact) mass is 220 g/mol. The average Bonchev–Trinajstić information content (AvgIpc) is 2.29. The predicted octanol–water partition coefficient (Wildman–Crippen LogP) is 3.20. The van der Waals surface area contributed by atoms with Gasteiger partial charge in [0.15, 0.2) is 0 Å². The number of hydrogen-bond acceptors (Lipinski definition) is 2. The maximum Gasteiger partial charge on any atom is 0.0346 e. The van der Waals surface area contributed by atoms with E-state index >= 15 is 0 Å². The van der Waals surface area contributed by atoms with Crippen molar-refractivity contribution in [3.8, 4) is 0 Å². The molecule has 0 aliphatic carbocycles. The van der Waals surface area contributed by atoms with E-state index < -0.39 is 0 Å². The SMILES string of the molecule is CCCCN(CC)Cc1ccc(C)c(N)c1. The molecule has 0 aromatic heterocycles. The van der Waals surface area contributed by atoms with E-state index in [1.165, 1.54) is 30.5 Å². The van der Waals surface area contributed by atoms with Crippen LogP contribution in [0.4, 0.5) is 5.69 Å². The Kier molecular flexibility index (Phi) is 5.33. The average molecular weight is 220 g/mol. The van der Waals surface area contributed by atoms with Gasteiger partial charge in [0.2, 0.25) is 0 Å². The van der Waals surface area contributed by atoms with E-state index in [0.29, 0.717) is 0 Å². The summed E-state index contributed by atoms with van der Waals surface area (Å²) < 4.78 is 0. The molecule has 0 aliphatic rings. The molecule has 90 valence electrons. The molecule has 2 heteroatoms. The summed E-state index contributed by atoms with van der Waals surface area (Å²) in [6.07, 6.45) is 2.53. The molecule has 0 unspecified atom stereocenters. The lowest BCUT2D eigenvalue weighted by molar-refractivity contribution is 0.275. The molecule has 0 atom stereocenters. The van der Waals surface area contributed by atoms with Gasteiger partial charge in [-0.05, 0) is 43.6 Å². The zero-order valence-electron chi connectivity index (χ0n) is 10.8. The van der Waals surface area contributed by atoms with Crippen molar-refractivity contribution in [2.45, 2.75) is 40.2 Å². The maximum atomic E-state index is 5.92. The van der Waals surface area contributed by atoms with Gasteiger partial charge in [-0.1, -0.05) is 32.4 Å². The number of aryl methyl sites for hydroxylation is 1. The zero-order chi connectivity index (χ0) is 12.0. The van der Waals surface area contributed by atoms with E-state index in [1.54, 1.807) is 0 Å². The van der Waals surface area contributed by atoms with Gasteiger partial charge in [0.25, 0.3) is 0 Å². The van der Waals surface area contributed by atoms with Crippen LogP contribution in [0.5, 0.6) is 0 Å². The number of benzene rings is 1. The lowest BCUT2D eigenvalue weighted by Gasteiger charge is -2.20. The van der Waals surface area contributed by atoms with Gasteiger partial charge in [-0.15, -0.1) is 0 Å². The lowest BCUT2D eigenvalue weighted by atomic mass is 10.1. The summed E-state index contributed by atoms with van der Waals surface area (Å²) in [7, 11) is 0. The molecule has 0 aliphatic heterocycles. The molecule has 1 rings (SSSR count). The second-order valence-electron chi connectivity index (χ2n) is 4.41. The Bertz CT molecular complexity index is 321. The quantitative estimate of drug-likeness (QED) is 0.746. The Balaban J connectivity index is 2.59. The van der Waals surface area contributed by atoms with Gasteiger partial charge in [-0.2, -0.15) is 0 Å². The Morgan fingerprint density at radius 1 is 1.25 bits per heavy atom. The summed E-state index contributed by atoms with van der Waals surface area (Å²) in [6.45, 7) is 9.80. The first-order valence-electron chi connectivity index (χ1n) is 6.24. The minimum Gasteiger partial charge on any atom is -0.399 e. The molecule has 1 aromatic carbocycles. The van der Waals surface area contributed by atoms with E-state index in [4.69, 9.17) is 5.73 Å². The Morgan fingerprint density at radius 2 is 2.00 bits per heavy atom. The van der Waals surface area contributed by atoms with E-state index in [9.17, 15) is 0 Å². The van der Waals surface area contributed by atoms with Gasteiger partial charge in [-0.3, -0.25) is 4.90 Å². The fraction of sp³-hybridized carbons (Fsp3) is 0.571. The molecule has 0 saturated heterocycles. The third kappa shape index (κ3) is 3.86. The largest absolute Gasteiger partial charge is 0.399 e. The molecule has 0 spiro atoms. The topological polar surface area (TPSA) is 29.3 Å². The molecule has 0 radical (unpaired) electrons. The number of rotatable bonds is 6. The third-order valence-corrected chi connectivity index (χ3v) is 3.02. The van der Waals surface area contributed by atoms with Gasteiger partial charge in [0, 0.05) is 12.2 Å². The molecule has 16 heavy (non-hydrogen) atoms. The normalized spacial score (nSPS) is 11.0. The van der Waals surface area contributed by atoms with Crippen LogP contribution in [0.15, 0.2) is 18.2 Å². The molecule has 0 amide bonds. The van der Waals surface area contributed by atoms with Crippen molar-refractivity contribution in [1.29, 1.82) is 0 Å². The Hall–Kier alpha value is -1.02. The highest BCUT2D eigenvalue weighted by molar-refractivity contribution is 5.48. The molecule has 2 nitrogen and oxygen atoms in total. The number of nitrogen functional groups attached to an aromatic ring is 1. The summed E-state index contributed by atoms with van der Waals surface area (Å²) in [5.74, 6) is 0. The highest BCUT2D eigenvalue weighted by Crippen LogP contribution is 2.14. The van der Waals surface area contributed by atoms with Crippen LogP contribution in [0.25, 0.3) is 0 Å². The van der Waals surface area contributed by atoms with Gasteiger partial charge >= 0.3 is 0 Å². The molecule has 0 heterocycles. The number of hydrogen-bond donors (Lipinski definition) is 1. The summed E-state index contributed by atoms with van der Waals surface area (Å²) in [4.78, 5) is 2.47. The number of nitrogens with two attached hydrogens (primary N) is 1. The maximum absolute atomic E-state index is 5.92. The molecule has 1 aromatic rings. The van der Waals surface area contributed by atoms with Crippen LogP contribution in [0.1, 0.15) is 37.8 Å². The molecular weight excluding hydrogens is 196 g/mol. The summed E-state index contributed by atoms with van der Waals surface area (Å²) >= 11 is 0. The van der Waals surface area contributed by atoms with Crippen molar-refractivity contribution in [1.82, 2.24) is 4.90 Å². The molecule has 0 fully saturated rings. The molecule has 0 bridgehead atoms. The Labute approximate surface area is 99.5 Å². The van der Waals surface area contributed by atoms with Crippen molar-refractivity contribution in [2.24, 2.45) is 0 Å². The second-order valence-corrected chi connectivity index (χ2v) is 4.41. The molecular formula is C14H24N2. The highest BCUT2D eigenvalue weighted by Gasteiger charge is 2.04. The van der Waals surface area contributed by atoms with E-state index in [2.05, 4.69) is 36.9 Å². The first-order chi connectivity index (χ1) is 7.67. The van der Waals surface area contributed by atoms with Crippen LogP contribution >= 0.6 is 0 Å². The minimum atomic E-state index is 0.907. The number of nitrogens with zero attached hydrogens (tertiary/aromatic N) is 1. The first kappa shape index (κ1) is 13.0. The summed E-state index contributed by atoms with van der Waals surface area (Å²) in [5.41, 5.74) is 9.31. The molecule has 0 saturated carbocycles. The van der Waals surface area contributed by atoms with E-state index in [1.807, 2.05) is 6.92 Å². The number of unbranched alkanes of at least 4 members (excludes halogenated alkanes) is 1. The summed E-state index contributed by atoms with van der Waals surface area (Å²) in [6, 6.07) is 6.39. The van der Waals surface area contributed by atoms with Crippen LogP contribution in [-0.4, -0.2) is 18.0 Å². The van der Waals surface area contributed by atoms with E-state index in [0.717, 1.165) is 18.8 Å². The van der Waals surface area contributed by atoms with Crippen LogP contribution in [0.2, 0.25) is 0 Å². The van der Waals surface area contributed by atoms with Gasteiger partial charge in [0.05, 0.1) is 0 Å². The standard InChI is InChI=1S/C14H24N2/c1-4-6-9-16(5-2)11-13-8-7-12(3)14(15)10-13/h7-8,10H,4-6,9,11,15H2,1-3H3. The Morgan fingerprint density at radius 3 is 2.56 bits per heavy atom. The fourth-order valence-electron chi connectivity index (χ4n) is 1.78. The first-order valence-corrected chi connectivity index (χ1v) is 6.24. The van der Waals surface area contributed by atoms with Gasteiger partial charge in [0.1, 0.15) is 0 Å². The van der Waals surface area contributed by atoms with Gasteiger partial charge < -0.3 is 5.73 Å². The van der Waals surface area contributed by atoms with Crippen molar-refractivity contribution in [2.75, 3.05) is 18.8 Å². The smallest absolute Gasteiger partial charge is 0.0346 e. The zero-order valence-corrected chi connectivity index (χ0v) is 10.8. The molecule has 2 N–H and O–H groups in total. The van der Waals surface area contributed by atoms with Crippen LogP contribution < -0.4 is 5.73 Å². The van der Waals surface area contributed by atoms with Crippen molar-refractivity contribution in [3.05, 3.63) is 29.3 Å². The highest BCUT2D eigenvalue weighted by atomic mass is 15.1. The van der Waals surface area contributed by atoms with Crippen LogP contribution in [-0.2, 0) is 6.54 Å². The fourth-order valence-corrected chi connectivity index (χ4v) is 1.78. The van der Waals surface area contributed by atoms with Crippen molar-refractivity contribution >= 4 is 5.69 Å². The second kappa shape index (κ2) is 6.54.